The fourth-order valence-electron chi connectivity index (χ4n) is 1.34. The lowest BCUT2D eigenvalue weighted by molar-refractivity contribution is 0.147. The first-order valence-corrected chi connectivity index (χ1v) is 6.36. The van der Waals surface area contributed by atoms with Gasteiger partial charge in [-0.15, -0.1) is 0 Å². The van der Waals surface area contributed by atoms with Gasteiger partial charge in [0.25, 0.3) is 0 Å². The van der Waals surface area contributed by atoms with Gasteiger partial charge in [0.1, 0.15) is 0 Å². The van der Waals surface area contributed by atoms with E-state index in [1.54, 1.807) is 0 Å². The topological polar surface area (TPSA) is 59.1 Å². The van der Waals surface area contributed by atoms with Gasteiger partial charge in [-0.1, -0.05) is 6.92 Å². The quantitative estimate of drug-likeness (QED) is 0.664. The Bertz CT molecular complexity index is 349. The Kier molecular flexibility index (Phi) is 7.01. The van der Waals surface area contributed by atoms with Crippen molar-refractivity contribution < 1.29 is 9.13 Å². The summed E-state index contributed by atoms with van der Waals surface area (Å²) in [5, 5.41) is 5.96. The molecule has 1 aromatic heterocycles. The third-order valence-corrected chi connectivity index (χ3v) is 2.24. The molecule has 1 rings (SSSR count). The number of nitrogens with one attached hydrogen (secondary N) is 2. The van der Waals surface area contributed by atoms with Crippen molar-refractivity contribution in [2.75, 3.05) is 36.9 Å². The zero-order valence-corrected chi connectivity index (χ0v) is 11.0. The summed E-state index contributed by atoms with van der Waals surface area (Å²) in [5.41, 5.74) is 0. The molecule has 0 atom stereocenters. The Morgan fingerprint density at radius 1 is 1.28 bits per heavy atom. The normalized spacial score (nSPS) is 10.4. The molecule has 0 aliphatic rings. The van der Waals surface area contributed by atoms with E-state index >= 15 is 0 Å². The molecule has 0 fully saturated rings. The molecule has 5 nitrogen and oxygen atoms in total. The van der Waals surface area contributed by atoms with E-state index in [0.717, 1.165) is 19.4 Å². The third kappa shape index (κ3) is 5.27. The maximum Gasteiger partial charge on any atom is 0.224 e. The number of halogens is 1. The lowest BCUT2D eigenvalue weighted by Crippen LogP contribution is -2.11. The fourth-order valence-corrected chi connectivity index (χ4v) is 1.34. The van der Waals surface area contributed by atoms with Crippen molar-refractivity contribution in [2.45, 2.75) is 26.7 Å². The van der Waals surface area contributed by atoms with Crippen LogP contribution < -0.4 is 10.6 Å². The van der Waals surface area contributed by atoms with Crippen LogP contribution in [0.5, 0.6) is 0 Å². The predicted molar refractivity (Wildman–Crippen MR) is 70.4 cm³/mol. The number of anilines is 2. The standard InChI is InChI=1S/C12H21FN4O/c1-3-6-15-12-16-9-10(13)11(17-12)14-7-5-8-18-4-2/h9H,3-8H2,1-2H3,(H2,14,15,16,17). The number of aromatic nitrogens is 2. The van der Waals surface area contributed by atoms with Gasteiger partial charge in [0.2, 0.25) is 5.95 Å². The molecule has 1 aromatic rings. The molecule has 0 saturated carbocycles. The van der Waals surface area contributed by atoms with Gasteiger partial charge in [0.05, 0.1) is 6.20 Å². The fraction of sp³-hybridized carbons (Fsp3) is 0.667. The summed E-state index contributed by atoms with van der Waals surface area (Å²) in [6.45, 7) is 6.76. The lowest BCUT2D eigenvalue weighted by Gasteiger charge is -2.08. The van der Waals surface area contributed by atoms with E-state index in [4.69, 9.17) is 4.74 Å². The van der Waals surface area contributed by atoms with Gasteiger partial charge in [-0.3, -0.25) is 0 Å². The van der Waals surface area contributed by atoms with Crippen molar-refractivity contribution in [3.63, 3.8) is 0 Å². The first-order valence-electron chi connectivity index (χ1n) is 6.36. The van der Waals surface area contributed by atoms with Crippen molar-refractivity contribution in [3.05, 3.63) is 12.0 Å². The van der Waals surface area contributed by atoms with E-state index < -0.39 is 5.82 Å². The predicted octanol–water partition coefficient (Wildman–Crippen LogP) is 2.28. The Hall–Kier alpha value is -1.43. The molecule has 102 valence electrons. The van der Waals surface area contributed by atoms with E-state index in [1.807, 2.05) is 13.8 Å². The summed E-state index contributed by atoms with van der Waals surface area (Å²) < 4.78 is 18.6. The molecular weight excluding hydrogens is 235 g/mol. The molecule has 0 amide bonds. The van der Waals surface area contributed by atoms with Gasteiger partial charge in [-0.05, 0) is 19.8 Å². The third-order valence-electron chi connectivity index (χ3n) is 2.24. The first-order chi connectivity index (χ1) is 8.77. The average molecular weight is 256 g/mol. The molecule has 0 aromatic carbocycles. The summed E-state index contributed by atoms with van der Waals surface area (Å²) in [7, 11) is 0. The smallest absolute Gasteiger partial charge is 0.224 e. The molecule has 0 saturated heterocycles. The highest BCUT2D eigenvalue weighted by Gasteiger charge is 2.05. The summed E-state index contributed by atoms with van der Waals surface area (Å²) >= 11 is 0. The number of hydrogen-bond donors (Lipinski definition) is 2. The van der Waals surface area contributed by atoms with Gasteiger partial charge >= 0.3 is 0 Å². The molecule has 18 heavy (non-hydrogen) atoms. The van der Waals surface area contributed by atoms with E-state index in [2.05, 4.69) is 20.6 Å². The zero-order chi connectivity index (χ0) is 13.2. The zero-order valence-electron chi connectivity index (χ0n) is 11.0. The highest BCUT2D eigenvalue weighted by molar-refractivity contribution is 5.40. The van der Waals surface area contributed by atoms with Crippen LogP contribution in [0.2, 0.25) is 0 Å². The summed E-state index contributed by atoms with van der Waals surface area (Å²) in [6.07, 6.45) is 2.96. The van der Waals surface area contributed by atoms with Crippen LogP contribution in [0.15, 0.2) is 6.20 Å². The Morgan fingerprint density at radius 3 is 2.83 bits per heavy atom. The van der Waals surface area contributed by atoms with Gasteiger partial charge in [0.15, 0.2) is 11.6 Å². The molecular formula is C12H21FN4O. The Morgan fingerprint density at radius 2 is 2.11 bits per heavy atom. The highest BCUT2D eigenvalue weighted by Crippen LogP contribution is 2.11. The number of ether oxygens (including phenoxy) is 1. The molecule has 2 N–H and O–H groups in total. The first kappa shape index (κ1) is 14.6. The number of hydrogen-bond acceptors (Lipinski definition) is 5. The van der Waals surface area contributed by atoms with Crippen LogP contribution in [0, 0.1) is 5.82 Å². The molecule has 0 aliphatic carbocycles. The molecule has 0 spiro atoms. The van der Waals surface area contributed by atoms with E-state index in [9.17, 15) is 4.39 Å². The largest absolute Gasteiger partial charge is 0.382 e. The molecule has 1 heterocycles. The highest BCUT2D eigenvalue weighted by atomic mass is 19.1. The van der Waals surface area contributed by atoms with Crippen molar-refractivity contribution >= 4 is 11.8 Å². The summed E-state index contributed by atoms with van der Waals surface area (Å²) in [4.78, 5) is 7.95. The maximum absolute atomic E-state index is 13.4. The van der Waals surface area contributed by atoms with Crippen LogP contribution in [0.4, 0.5) is 16.2 Å². The molecule has 6 heteroatoms. The SMILES string of the molecule is CCCNc1ncc(F)c(NCCCOCC)n1. The van der Waals surface area contributed by atoms with Crippen LogP contribution in [0.25, 0.3) is 0 Å². The van der Waals surface area contributed by atoms with E-state index in [1.165, 1.54) is 6.20 Å². The van der Waals surface area contributed by atoms with Crippen molar-refractivity contribution in [1.29, 1.82) is 0 Å². The summed E-state index contributed by atoms with van der Waals surface area (Å²) in [5.74, 6) is 0.249. The molecule has 0 radical (unpaired) electrons. The van der Waals surface area contributed by atoms with Crippen LogP contribution >= 0.6 is 0 Å². The minimum Gasteiger partial charge on any atom is -0.382 e. The Balaban J connectivity index is 2.42. The lowest BCUT2D eigenvalue weighted by atomic mass is 10.4. The van der Waals surface area contributed by atoms with E-state index in [-0.39, 0.29) is 5.82 Å². The van der Waals surface area contributed by atoms with Crippen molar-refractivity contribution in [2.24, 2.45) is 0 Å². The van der Waals surface area contributed by atoms with Gasteiger partial charge in [-0.2, -0.15) is 4.98 Å². The Labute approximate surface area is 107 Å². The monoisotopic (exact) mass is 256 g/mol. The molecule has 0 bridgehead atoms. The van der Waals surface area contributed by atoms with Gasteiger partial charge in [0, 0.05) is 26.3 Å². The van der Waals surface area contributed by atoms with Gasteiger partial charge < -0.3 is 15.4 Å². The van der Waals surface area contributed by atoms with Crippen LogP contribution in [-0.4, -0.2) is 36.3 Å². The molecule has 0 unspecified atom stereocenters. The minimum atomic E-state index is -0.437. The van der Waals surface area contributed by atoms with Crippen molar-refractivity contribution in [3.8, 4) is 0 Å². The number of rotatable bonds is 9. The van der Waals surface area contributed by atoms with Crippen molar-refractivity contribution in [1.82, 2.24) is 9.97 Å². The second-order valence-corrected chi connectivity index (χ2v) is 3.79. The average Bonchev–Trinajstić information content (AvgIpc) is 2.39. The second-order valence-electron chi connectivity index (χ2n) is 3.79. The maximum atomic E-state index is 13.4. The molecule has 0 aliphatic heterocycles. The van der Waals surface area contributed by atoms with Gasteiger partial charge in [-0.25, -0.2) is 9.37 Å². The van der Waals surface area contributed by atoms with E-state index in [0.29, 0.717) is 25.7 Å². The second kappa shape index (κ2) is 8.63. The summed E-state index contributed by atoms with van der Waals surface area (Å²) in [6, 6.07) is 0. The van der Waals surface area contributed by atoms with Crippen LogP contribution in [0.1, 0.15) is 26.7 Å². The minimum absolute atomic E-state index is 0.236. The van der Waals surface area contributed by atoms with Crippen LogP contribution in [-0.2, 0) is 4.74 Å². The number of nitrogens with zero attached hydrogens (tertiary/aromatic N) is 2. The van der Waals surface area contributed by atoms with Crippen LogP contribution in [0.3, 0.4) is 0 Å².